The second-order valence-electron chi connectivity index (χ2n) is 25.3. The van der Waals surface area contributed by atoms with E-state index in [9.17, 15) is 125 Å². The first kappa shape index (κ1) is 134. The number of aliphatic carboxylic acids is 2. The summed E-state index contributed by atoms with van der Waals surface area (Å²) in [6.07, 6.45) is -60.3. The van der Waals surface area contributed by atoms with Gasteiger partial charge >= 0.3 is 278 Å². The summed E-state index contributed by atoms with van der Waals surface area (Å²) in [5, 5.41) is 40.7. The van der Waals surface area contributed by atoms with Crippen molar-refractivity contribution in [2.75, 3.05) is 88.4 Å². The third kappa shape index (κ3) is 42.1. The van der Waals surface area contributed by atoms with Crippen LogP contribution in [0, 0.1) is 0 Å². The average Bonchev–Trinajstić information content (AvgIpc) is 1.55. The predicted octanol–water partition coefficient (Wildman–Crippen LogP) is -39.5. The van der Waals surface area contributed by atoms with E-state index in [4.69, 9.17) is 75.8 Å². The van der Waals surface area contributed by atoms with Gasteiger partial charge in [0, 0.05) is 80.3 Å². The molecule has 125 heavy (non-hydrogen) atoms. The molecule has 674 valence electrons. The predicted molar refractivity (Wildman–Crippen MR) is 346 cm³/mol. The molecular weight excluding hydrogens is 1970 g/mol. The second kappa shape index (κ2) is 60.2. The number of hydrogen-bond acceptors (Lipinski definition) is 52. The number of thioether (sulfide) groups is 1. The summed E-state index contributed by atoms with van der Waals surface area (Å²) < 4.78 is 377. The van der Waals surface area contributed by atoms with Crippen LogP contribution in [-0.4, -0.2) is 380 Å². The zero-order chi connectivity index (χ0) is 86.5. The molecule has 56 nitrogen and oxygen atoms in total. The van der Waals surface area contributed by atoms with E-state index in [1.165, 1.54) is 0 Å². The zero-order valence-corrected chi connectivity index (χ0v) is 94.3. The number of unbranched alkanes of at least 4 members (excludes halogenated alkanes) is 2. The molecule has 0 unspecified atom stereocenters. The normalized spacial score (nSPS) is 33.0. The molecule has 0 saturated carbocycles. The summed E-state index contributed by atoms with van der Waals surface area (Å²) in [6.45, 7) is -4.52. The Hall–Kier alpha value is 4.75. The Morgan fingerprint density at radius 2 is 0.736 bits per heavy atom. The van der Waals surface area contributed by atoms with Crippen molar-refractivity contribution in [2.45, 2.75) is 209 Å². The molecule has 28 atom stereocenters. The molecular formula is C52H78N5Na9O51S8. The van der Waals surface area contributed by atoms with E-state index < -0.39 is 270 Å². The molecule has 0 aromatic heterocycles. The van der Waals surface area contributed by atoms with E-state index in [1.54, 1.807) is 11.8 Å². The Morgan fingerprint density at radius 1 is 0.392 bits per heavy atom. The number of carbonyl (C=O) groups is 5. The molecule has 7 aliphatic rings. The van der Waals surface area contributed by atoms with Crippen molar-refractivity contribution in [3.63, 3.8) is 0 Å². The minimum atomic E-state index is -6.59. The maximum absolute atomic E-state index is 13.9. The molecule has 0 spiro atoms. The Balaban J connectivity index is -0.0000165. The van der Waals surface area contributed by atoms with Crippen molar-refractivity contribution in [3.05, 3.63) is 0 Å². The van der Waals surface area contributed by atoms with Crippen molar-refractivity contribution in [3.8, 4) is 0 Å². The first-order valence-corrected chi connectivity index (χ1v) is 43.7. The maximum atomic E-state index is 13.9. The molecule has 5 N–H and O–H groups in total. The molecule has 0 aromatic carbocycles. The summed E-state index contributed by atoms with van der Waals surface area (Å²) in [4.78, 5) is 65.1. The van der Waals surface area contributed by atoms with Gasteiger partial charge in [-0.25, -0.2) is 68.5 Å². The minimum absolute atomic E-state index is 0. The smallest absolute Gasteiger partial charge is 0.726 e. The van der Waals surface area contributed by atoms with Gasteiger partial charge in [-0.1, -0.05) is 6.42 Å². The third-order valence-corrected chi connectivity index (χ3v) is 22.6. The fourth-order valence-electron chi connectivity index (χ4n) is 13.4. The van der Waals surface area contributed by atoms with E-state index in [1.807, 2.05) is 0 Å². The van der Waals surface area contributed by atoms with E-state index in [2.05, 4.69) is 55.9 Å². The summed E-state index contributed by atoms with van der Waals surface area (Å²) in [5.74, 6) is -5.07. The number of ether oxygens (including phenoxy) is 16. The van der Waals surface area contributed by atoms with Gasteiger partial charge in [-0.2, -0.15) is 11.8 Å². The monoisotopic (exact) mass is 2050 g/mol. The number of carboxylic acids is 2. The first-order chi connectivity index (χ1) is 53.9. The molecule has 73 heteroatoms. The standard InChI is InChI=1S/C52H87N5O51S8.9Na/c1-86-28-21(16-93-110(65,66)67)96-46(27(31(28)87-2)56-25(58)13-9-11-15-54-51(63)53-14-10-8-12-24-26-20(19-109-24)55-52(64)57-26)101-34-32(88-3)40(90-5)48(103-38(34)44(59)60)100-30-23(18-95-112(71,72)73)98-50(43(108-116(83,84)85)37(30)106-114(77,78)79)102-35-33(89-4)41(91-6)49(104-39(35)45(61)62)99-29-22(17-94-111(68,69)70)97-47(92-7)42(107-115(80,81)82)36(29)105-113(74,75)76;;;;;;;;;/h20-24,26-43,46-50H,8-19H2,1-7H3,(H,56,58)(H,59,60)(H,61,62)(H2,53,54,63)(H2,55,57,64)(H,65,66,67)(H,68,69,70)(H,71,72,73)(H,74,75,76)(H,77,78,79)(H,80,81,82)(H,83,84,85);;;;;;;;;/q;9*+1/p-9/t20-,21+,22+,23+,24-,26-,27+,28+,29+,30+,31+,32-,33-,34+,35+,36-,37-,38-,39+,40+,41+,42+,43+,46+,47-,48+,49+,50+;;;;;;;;;/m0........./s1. The van der Waals surface area contributed by atoms with Crippen LogP contribution in [0.25, 0.3) is 0 Å². The third-order valence-electron chi connectivity index (χ3n) is 17.9. The quantitative estimate of drug-likeness (QED) is 0.0124. The summed E-state index contributed by atoms with van der Waals surface area (Å²) in [7, 11) is -37.6. The van der Waals surface area contributed by atoms with Crippen molar-refractivity contribution in [1.82, 2.24) is 26.6 Å². The van der Waals surface area contributed by atoms with Gasteiger partial charge in [0.15, 0.2) is 43.7 Å². The van der Waals surface area contributed by atoms with Crippen LogP contribution in [0.3, 0.4) is 0 Å². The van der Waals surface area contributed by atoms with Gasteiger partial charge in [-0.15, -0.1) is 0 Å². The van der Waals surface area contributed by atoms with Crippen LogP contribution in [0.15, 0.2) is 0 Å². The van der Waals surface area contributed by atoms with Crippen molar-refractivity contribution in [1.29, 1.82) is 0 Å². The van der Waals surface area contributed by atoms with Crippen LogP contribution in [0.4, 0.5) is 9.59 Å². The molecule has 7 aliphatic heterocycles. The number of fused-ring (bicyclic) bond motifs is 1. The number of urea groups is 2. The van der Waals surface area contributed by atoms with Gasteiger partial charge in [-0.3, -0.25) is 34.1 Å². The second-order valence-corrected chi connectivity index (χ2v) is 33.7. The molecule has 7 heterocycles. The van der Waals surface area contributed by atoms with Crippen LogP contribution in [-0.2, 0) is 192 Å². The Labute approximate surface area is 921 Å². The molecule has 5 amide bonds. The number of hydrogen-bond donors (Lipinski definition) is 5. The summed E-state index contributed by atoms with van der Waals surface area (Å²) >= 11 is 1.74. The number of carboxylic acid groups (broad SMARTS) is 2. The van der Waals surface area contributed by atoms with E-state index in [0.717, 1.165) is 47.0 Å². The number of nitrogens with one attached hydrogen (secondary N) is 5. The van der Waals surface area contributed by atoms with Gasteiger partial charge in [0.05, 0.1) is 43.8 Å². The van der Waals surface area contributed by atoms with Crippen LogP contribution >= 0.6 is 11.8 Å². The first-order valence-electron chi connectivity index (χ1n) is 33.3. The zero-order valence-electron chi connectivity index (χ0n) is 69.7. The fourth-order valence-corrected chi connectivity index (χ4v) is 17.7. The van der Waals surface area contributed by atoms with Gasteiger partial charge < -0.3 is 154 Å². The number of amides is 5. The van der Waals surface area contributed by atoms with E-state index >= 15 is 0 Å². The Bertz CT molecular complexity index is 4190. The van der Waals surface area contributed by atoms with Crippen molar-refractivity contribution >= 4 is 114 Å². The molecule has 0 aliphatic carbocycles. The molecule has 0 bridgehead atoms. The molecule has 0 aromatic rings. The van der Waals surface area contributed by atoms with Crippen LogP contribution in [0.1, 0.15) is 38.5 Å². The summed E-state index contributed by atoms with van der Waals surface area (Å²) in [6, 6.07) is -2.45. The molecule has 7 rings (SSSR count). The van der Waals surface area contributed by atoms with Gasteiger partial charge in [0.25, 0.3) is 0 Å². The minimum Gasteiger partial charge on any atom is -0.726 e. The topological polar surface area (TPSA) is 804 Å². The molecule has 7 saturated heterocycles. The fraction of sp³-hybridized carbons (Fsp3) is 0.904. The number of methoxy groups -OCH3 is 7. The van der Waals surface area contributed by atoms with Gasteiger partial charge in [0.2, 0.25) is 78.7 Å². The number of carbonyl (C=O) groups excluding carboxylic acids is 5. The average molecular weight is 2050 g/mol. The van der Waals surface area contributed by atoms with Crippen LogP contribution in [0.5, 0.6) is 0 Å². The maximum Gasteiger partial charge on any atom is 1.00 e. The van der Waals surface area contributed by atoms with E-state index in [0.29, 0.717) is 34.3 Å². The van der Waals surface area contributed by atoms with Gasteiger partial charge in [-0.05, 0) is 25.7 Å². The van der Waals surface area contributed by atoms with Crippen LogP contribution < -0.4 is 303 Å². The molecule has 7 fully saturated rings. The molecule has 0 radical (unpaired) electrons. The van der Waals surface area contributed by atoms with Crippen molar-refractivity contribution in [2.24, 2.45) is 0 Å². The van der Waals surface area contributed by atoms with Crippen LogP contribution in [0.2, 0.25) is 0 Å². The Morgan fingerprint density at radius 3 is 1.11 bits per heavy atom. The number of rotatable bonds is 45. The van der Waals surface area contributed by atoms with Gasteiger partial charge in [0.1, 0.15) is 110 Å². The largest absolute Gasteiger partial charge is 1.00 e. The SMILES string of the molecule is CO[C@H]1O[C@H](COS(=O)(=O)[O-])[C@@H](O[C@@H]2O[C@@H](C(=O)[O-])[C@H](O[C@H]3O[C@H](COS(=O)(=O)[O-])[C@@H](O[C@@H]4O[C@H](C(=O)[O-])[C@H](O[C@H]5O[C@H](COS(=O)(=O)[O-])[C@@H](OC)[C@H](OC)[C@H]5NC(=O)CCCCNC(=O)NCCCC[C@@H]5SC[C@@H]6NC(=O)N[C@@H]65)[C@H](OC)[C@H]4OC)[C@H](OS(=O)(=O)[O-])[C@H]3OS(=O)(=O)[O-])[C@H](OC)[C@H]2OC)[C@H](OS(=O)(=O)[O-])[C@H]1OS(=O)(=O)[O-].[Na+].[Na+].[Na+].[Na+].[Na+].[Na+].[Na+].[Na+].[Na+]. The van der Waals surface area contributed by atoms with E-state index in [-0.39, 0.29) is 315 Å². The summed E-state index contributed by atoms with van der Waals surface area (Å²) in [5.41, 5.74) is 0. The Kier molecular flexibility index (Phi) is 64.5. The van der Waals surface area contributed by atoms with Crippen molar-refractivity contribution < 1.29 is 496 Å².